The van der Waals surface area contributed by atoms with Crippen LogP contribution in [0.25, 0.3) is 0 Å². The quantitative estimate of drug-likeness (QED) is 0.603. The normalized spacial score (nSPS) is 36.8. The van der Waals surface area contributed by atoms with Gasteiger partial charge in [0.2, 0.25) is 5.91 Å². The van der Waals surface area contributed by atoms with Crippen molar-refractivity contribution in [2.75, 3.05) is 0 Å². The molecule has 4 nitrogen and oxygen atoms in total. The molecule has 168 valence electrons. The first kappa shape index (κ1) is 23.3. The van der Waals surface area contributed by atoms with E-state index < -0.39 is 5.60 Å². The van der Waals surface area contributed by atoms with Gasteiger partial charge in [0, 0.05) is 6.04 Å². The molecule has 3 aliphatic rings. The van der Waals surface area contributed by atoms with E-state index in [9.17, 15) is 15.0 Å². The molecule has 4 heteroatoms. The zero-order valence-electron chi connectivity index (χ0n) is 19.3. The van der Waals surface area contributed by atoms with Gasteiger partial charge in [-0.2, -0.15) is 0 Å². The predicted molar refractivity (Wildman–Crippen MR) is 122 cm³/mol. The lowest BCUT2D eigenvalue weighted by Gasteiger charge is -2.47. The first-order chi connectivity index (χ1) is 14.0. The van der Waals surface area contributed by atoms with Gasteiger partial charge in [-0.3, -0.25) is 4.79 Å². The number of fused-ring (bicyclic) bond motifs is 1. The molecule has 0 radical (unpaired) electrons. The van der Waals surface area contributed by atoms with Crippen LogP contribution in [-0.2, 0) is 4.79 Å². The Kier molecular flexibility index (Phi) is 6.98. The summed E-state index contributed by atoms with van der Waals surface area (Å²) in [5, 5.41) is 24.3. The zero-order valence-corrected chi connectivity index (χ0v) is 19.3. The molecule has 0 saturated heterocycles. The molecule has 0 aromatic heterocycles. The molecule has 0 bridgehead atoms. The van der Waals surface area contributed by atoms with Crippen molar-refractivity contribution < 1.29 is 15.0 Å². The highest BCUT2D eigenvalue weighted by Gasteiger charge is 2.55. The molecule has 0 aromatic carbocycles. The molecule has 0 aliphatic heterocycles. The summed E-state index contributed by atoms with van der Waals surface area (Å²) in [5.74, 6) is 0.512. The van der Waals surface area contributed by atoms with Crippen LogP contribution in [0.4, 0.5) is 0 Å². The Balaban J connectivity index is 1.78. The van der Waals surface area contributed by atoms with E-state index in [1.165, 1.54) is 11.1 Å². The molecular formula is C26H41NO3. The third-order valence-corrected chi connectivity index (χ3v) is 7.87. The van der Waals surface area contributed by atoms with Crippen LogP contribution in [0.3, 0.4) is 0 Å². The summed E-state index contributed by atoms with van der Waals surface area (Å²) in [6.07, 6.45) is 12.1. The van der Waals surface area contributed by atoms with Crippen molar-refractivity contribution in [1.82, 2.24) is 5.32 Å². The van der Waals surface area contributed by atoms with Gasteiger partial charge >= 0.3 is 0 Å². The van der Waals surface area contributed by atoms with Gasteiger partial charge in [0.1, 0.15) is 0 Å². The zero-order chi connectivity index (χ0) is 22.1. The standard InChI is InChI=1S/C26H41NO3/c1-17(2)27-24(29)16-26(5,30)23-13-12-22-19(7-6-14-25(22,23)4)9-10-20-15-21(28)11-8-18(20)3/h9-10,17,21-23,28,30H,3,6-8,11-16H2,1-2,4-5H3,(H,27,29)/b19-9+,20-10-/t21-,22-,23-,25-,26-/m0/s1. The number of hydrogen-bond acceptors (Lipinski definition) is 3. The van der Waals surface area contributed by atoms with E-state index in [0.717, 1.165) is 50.5 Å². The van der Waals surface area contributed by atoms with Crippen LogP contribution in [-0.4, -0.2) is 33.9 Å². The first-order valence-electron chi connectivity index (χ1n) is 11.8. The summed E-state index contributed by atoms with van der Waals surface area (Å²) >= 11 is 0. The highest BCUT2D eigenvalue weighted by Crippen LogP contribution is 2.60. The van der Waals surface area contributed by atoms with Crippen molar-refractivity contribution in [2.24, 2.45) is 17.3 Å². The lowest BCUT2D eigenvalue weighted by atomic mass is 9.59. The van der Waals surface area contributed by atoms with Crippen molar-refractivity contribution in [3.8, 4) is 0 Å². The van der Waals surface area contributed by atoms with Gasteiger partial charge in [0.25, 0.3) is 0 Å². The molecule has 3 N–H and O–H groups in total. The van der Waals surface area contributed by atoms with Crippen molar-refractivity contribution in [1.29, 1.82) is 0 Å². The first-order valence-corrected chi connectivity index (χ1v) is 11.8. The third kappa shape index (κ3) is 4.91. The predicted octanol–water partition coefficient (Wildman–Crippen LogP) is 4.82. The number of aliphatic hydroxyl groups is 2. The van der Waals surface area contributed by atoms with Gasteiger partial charge in [-0.1, -0.05) is 36.8 Å². The van der Waals surface area contributed by atoms with Gasteiger partial charge in [-0.05, 0) is 95.0 Å². The summed E-state index contributed by atoms with van der Waals surface area (Å²) in [6, 6.07) is 0.0884. The fraction of sp³-hybridized carbons (Fsp3) is 0.731. The van der Waals surface area contributed by atoms with Crippen molar-refractivity contribution in [3.05, 3.63) is 35.5 Å². The van der Waals surface area contributed by atoms with Crippen molar-refractivity contribution >= 4 is 5.91 Å². The van der Waals surface area contributed by atoms with Crippen LogP contribution in [0.1, 0.15) is 85.5 Å². The highest BCUT2D eigenvalue weighted by atomic mass is 16.3. The summed E-state index contributed by atoms with van der Waals surface area (Å²) in [5.41, 5.74) is 2.83. The Labute approximate surface area is 182 Å². The van der Waals surface area contributed by atoms with Gasteiger partial charge in [0.05, 0.1) is 18.1 Å². The van der Waals surface area contributed by atoms with Crippen LogP contribution in [0.5, 0.6) is 0 Å². The van der Waals surface area contributed by atoms with Gasteiger partial charge in [0.15, 0.2) is 0 Å². The summed E-state index contributed by atoms with van der Waals surface area (Å²) in [4.78, 5) is 12.4. The van der Waals surface area contributed by atoms with E-state index in [1.807, 2.05) is 20.8 Å². The topological polar surface area (TPSA) is 69.6 Å². The number of allylic oxidation sites excluding steroid dienone is 4. The molecule has 5 atom stereocenters. The maximum atomic E-state index is 12.4. The molecule has 0 unspecified atom stereocenters. The van der Waals surface area contributed by atoms with Crippen LogP contribution in [0.2, 0.25) is 0 Å². The SMILES string of the molecule is C=C1CC[C@H](O)C/C1=C/C=C1\CCC[C@@]2(C)[C@H]1CC[C@@H]2[C@@](C)(O)CC(=O)NC(C)C. The second kappa shape index (κ2) is 9.00. The molecule has 3 fully saturated rings. The summed E-state index contributed by atoms with van der Waals surface area (Å²) in [7, 11) is 0. The highest BCUT2D eigenvalue weighted by molar-refractivity contribution is 5.77. The Morgan fingerprint density at radius 2 is 2.03 bits per heavy atom. The Morgan fingerprint density at radius 3 is 2.73 bits per heavy atom. The molecule has 3 rings (SSSR count). The summed E-state index contributed by atoms with van der Waals surface area (Å²) < 4.78 is 0. The Hall–Kier alpha value is -1.39. The number of aliphatic hydroxyl groups excluding tert-OH is 1. The molecule has 0 heterocycles. The van der Waals surface area contributed by atoms with Crippen LogP contribution in [0, 0.1) is 17.3 Å². The van der Waals surface area contributed by atoms with E-state index >= 15 is 0 Å². The average molecular weight is 416 g/mol. The molecule has 3 saturated carbocycles. The number of amides is 1. The van der Waals surface area contributed by atoms with E-state index in [0.29, 0.717) is 12.3 Å². The fourth-order valence-electron chi connectivity index (χ4n) is 6.48. The van der Waals surface area contributed by atoms with Gasteiger partial charge in [-0.25, -0.2) is 0 Å². The second-order valence-electron chi connectivity index (χ2n) is 10.7. The maximum absolute atomic E-state index is 12.4. The maximum Gasteiger partial charge on any atom is 0.223 e. The van der Waals surface area contributed by atoms with Gasteiger partial charge < -0.3 is 15.5 Å². The van der Waals surface area contributed by atoms with E-state index in [4.69, 9.17) is 0 Å². The average Bonchev–Trinajstić information content (AvgIpc) is 2.99. The minimum absolute atomic E-state index is 0.0211. The van der Waals surface area contributed by atoms with E-state index in [2.05, 4.69) is 31.0 Å². The number of hydrogen-bond donors (Lipinski definition) is 3. The Bertz CT molecular complexity index is 733. The minimum Gasteiger partial charge on any atom is -0.393 e. The second-order valence-corrected chi connectivity index (χ2v) is 10.7. The molecule has 1 amide bonds. The summed E-state index contributed by atoms with van der Waals surface area (Å²) in [6.45, 7) is 12.3. The molecule has 0 aromatic rings. The van der Waals surface area contributed by atoms with Crippen LogP contribution in [0.15, 0.2) is 35.5 Å². The van der Waals surface area contributed by atoms with E-state index in [1.54, 1.807) is 0 Å². The number of nitrogens with one attached hydrogen (secondary N) is 1. The van der Waals surface area contributed by atoms with Gasteiger partial charge in [-0.15, -0.1) is 0 Å². The number of rotatable bonds is 5. The smallest absolute Gasteiger partial charge is 0.223 e. The van der Waals surface area contributed by atoms with Crippen LogP contribution < -0.4 is 5.32 Å². The van der Waals surface area contributed by atoms with Crippen molar-refractivity contribution in [2.45, 2.75) is 103 Å². The fourth-order valence-corrected chi connectivity index (χ4v) is 6.48. The van der Waals surface area contributed by atoms with Crippen LogP contribution >= 0.6 is 0 Å². The largest absolute Gasteiger partial charge is 0.393 e. The molecule has 3 aliphatic carbocycles. The lowest BCUT2D eigenvalue weighted by molar-refractivity contribution is -0.131. The molecule has 0 spiro atoms. The van der Waals surface area contributed by atoms with E-state index in [-0.39, 0.29) is 35.8 Å². The molecule has 30 heavy (non-hydrogen) atoms. The number of carbonyl (C=O) groups excluding carboxylic acids is 1. The lowest BCUT2D eigenvalue weighted by Crippen LogP contribution is -2.48. The monoisotopic (exact) mass is 415 g/mol. The Morgan fingerprint density at radius 1 is 1.30 bits per heavy atom. The van der Waals surface area contributed by atoms with Crippen molar-refractivity contribution in [3.63, 3.8) is 0 Å². The third-order valence-electron chi connectivity index (χ3n) is 7.87. The molecular weight excluding hydrogens is 374 g/mol. The number of carbonyl (C=O) groups is 1. The minimum atomic E-state index is -0.995.